The highest BCUT2D eigenvalue weighted by molar-refractivity contribution is 7.99. The molecular weight excluding hydrogens is 397 g/mol. The highest BCUT2D eigenvalue weighted by Crippen LogP contribution is 2.27. The van der Waals surface area contributed by atoms with E-state index in [1.807, 2.05) is 12.1 Å². The second-order valence-corrected chi connectivity index (χ2v) is 8.82. The molecule has 0 saturated carbocycles. The predicted octanol–water partition coefficient (Wildman–Crippen LogP) is 6.37. The quantitative estimate of drug-likeness (QED) is 0.562. The fourth-order valence-corrected chi connectivity index (χ4v) is 4.92. The Bertz CT molecular complexity index is 809. The molecule has 5 heteroatoms. The van der Waals surface area contributed by atoms with E-state index in [1.54, 1.807) is 17.8 Å². The monoisotopic (exact) mass is 421 g/mol. The van der Waals surface area contributed by atoms with Crippen molar-refractivity contribution in [2.45, 2.75) is 50.8 Å². The van der Waals surface area contributed by atoms with Crippen molar-refractivity contribution >= 4 is 40.9 Å². The van der Waals surface area contributed by atoms with E-state index in [1.165, 1.54) is 36.0 Å². The van der Waals surface area contributed by atoms with Gasteiger partial charge >= 0.3 is 0 Å². The molecule has 0 spiro atoms. The molecule has 2 aromatic rings. The smallest absolute Gasteiger partial charge is 0.230 e. The van der Waals surface area contributed by atoms with E-state index in [0.29, 0.717) is 21.6 Å². The third-order valence-electron chi connectivity index (χ3n) is 5.02. The van der Waals surface area contributed by atoms with Gasteiger partial charge in [0.2, 0.25) is 5.91 Å². The van der Waals surface area contributed by atoms with Crippen molar-refractivity contribution in [2.75, 3.05) is 5.75 Å². The maximum atomic E-state index is 12.4. The average molecular weight is 422 g/mol. The number of hydrogen-bond donors (Lipinski definition) is 1. The SMILES string of the molecule is CC[C@@H](NC(=O)CSCc1ccc(Cl)cc1Cl)c1ccc2c(c1)CCCC2. The van der Waals surface area contributed by atoms with Crippen LogP contribution in [0, 0.1) is 0 Å². The predicted molar refractivity (Wildman–Crippen MR) is 117 cm³/mol. The highest BCUT2D eigenvalue weighted by atomic mass is 35.5. The number of fused-ring (bicyclic) bond motifs is 1. The van der Waals surface area contributed by atoms with Crippen LogP contribution < -0.4 is 5.32 Å². The van der Waals surface area contributed by atoms with E-state index in [2.05, 4.69) is 30.4 Å². The Labute approximate surface area is 176 Å². The maximum Gasteiger partial charge on any atom is 0.230 e. The molecule has 2 aromatic carbocycles. The normalized spacial score (nSPS) is 14.5. The Morgan fingerprint density at radius 1 is 1.11 bits per heavy atom. The summed E-state index contributed by atoms with van der Waals surface area (Å²) in [5, 5.41) is 4.46. The molecule has 1 aliphatic rings. The Morgan fingerprint density at radius 3 is 2.63 bits per heavy atom. The molecule has 1 amide bonds. The van der Waals surface area contributed by atoms with Crippen LogP contribution in [0.15, 0.2) is 36.4 Å². The number of thioether (sulfide) groups is 1. The van der Waals surface area contributed by atoms with Crippen molar-refractivity contribution in [3.63, 3.8) is 0 Å². The van der Waals surface area contributed by atoms with Gasteiger partial charge in [-0.05, 0) is 66.5 Å². The lowest BCUT2D eigenvalue weighted by atomic mass is 9.89. The summed E-state index contributed by atoms with van der Waals surface area (Å²) < 4.78 is 0. The number of benzene rings is 2. The van der Waals surface area contributed by atoms with Crippen molar-refractivity contribution in [3.8, 4) is 0 Å². The van der Waals surface area contributed by atoms with Gasteiger partial charge in [0.05, 0.1) is 11.8 Å². The minimum atomic E-state index is 0.0645. The first-order valence-corrected chi connectivity index (χ1v) is 11.4. The molecule has 1 aliphatic carbocycles. The fourth-order valence-electron chi connectivity index (χ4n) is 3.52. The lowest BCUT2D eigenvalue weighted by molar-refractivity contribution is -0.119. The number of halogens is 2. The average Bonchev–Trinajstić information content (AvgIpc) is 2.67. The molecule has 0 unspecified atom stereocenters. The zero-order chi connectivity index (χ0) is 19.2. The van der Waals surface area contributed by atoms with Gasteiger partial charge in [0.15, 0.2) is 0 Å². The van der Waals surface area contributed by atoms with Gasteiger partial charge in [-0.3, -0.25) is 4.79 Å². The van der Waals surface area contributed by atoms with Crippen molar-refractivity contribution in [3.05, 3.63) is 68.7 Å². The molecule has 0 radical (unpaired) electrons. The third-order valence-corrected chi connectivity index (χ3v) is 6.59. The molecule has 0 saturated heterocycles. The first-order chi connectivity index (χ1) is 13.1. The van der Waals surface area contributed by atoms with Crippen LogP contribution >= 0.6 is 35.0 Å². The van der Waals surface area contributed by atoms with Crippen LogP contribution in [0.25, 0.3) is 0 Å². The molecule has 27 heavy (non-hydrogen) atoms. The largest absolute Gasteiger partial charge is 0.349 e. The summed E-state index contributed by atoms with van der Waals surface area (Å²) in [5.74, 6) is 1.18. The van der Waals surface area contributed by atoms with Gasteiger partial charge in [0.25, 0.3) is 0 Å². The first-order valence-electron chi connectivity index (χ1n) is 9.49. The molecule has 2 nitrogen and oxygen atoms in total. The van der Waals surface area contributed by atoms with Crippen molar-refractivity contribution in [2.24, 2.45) is 0 Å². The Hall–Kier alpha value is -1.16. The zero-order valence-electron chi connectivity index (χ0n) is 15.6. The van der Waals surface area contributed by atoms with Gasteiger partial charge in [0.1, 0.15) is 0 Å². The van der Waals surface area contributed by atoms with Gasteiger partial charge in [-0.1, -0.05) is 54.4 Å². The van der Waals surface area contributed by atoms with E-state index >= 15 is 0 Å². The number of amides is 1. The maximum absolute atomic E-state index is 12.4. The summed E-state index contributed by atoms with van der Waals surface area (Å²) >= 11 is 13.7. The molecule has 0 fully saturated rings. The lowest BCUT2D eigenvalue weighted by Crippen LogP contribution is -2.29. The van der Waals surface area contributed by atoms with Gasteiger partial charge in [-0.25, -0.2) is 0 Å². The van der Waals surface area contributed by atoms with E-state index in [9.17, 15) is 4.79 Å². The minimum absolute atomic E-state index is 0.0645. The van der Waals surface area contributed by atoms with Gasteiger partial charge in [0, 0.05) is 15.8 Å². The lowest BCUT2D eigenvalue weighted by Gasteiger charge is -2.21. The van der Waals surface area contributed by atoms with E-state index in [0.717, 1.165) is 18.4 Å². The van der Waals surface area contributed by atoms with Gasteiger partial charge < -0.3 is 5.32 Å². The zero-order valence-corrected chi connectivity index (χ0v) is 17.9. The number of nitrogens with one attached hydrogen (secondary N) is 1. The summed E-state index contributed by atoms with van der Waals surface area (Å²) in [7, 11) is 0. The van der Waals surface area contributed by atoms with Crippen LogP contribution in [-0.4, -0.2) is 11.7 Å². The number of rotatable bonds is 7. The second kappa shape index (κ2) is 9.86. The van der Waals surface area contributed by atoms with Crippen LogP contribution in [0.2, 0.25) is 10.0 Å². The van der Waals surface area contributed by atoms with Gasteiger partial charge in [-0.2, -0.15) is 0 Å². The summed E-state index contributed by atoms with van der Waals surface area (Å²) in [5.41, 5.74) is 5.15. The van der Waals surface area contributed by atoms with E-state index < -0.39 is 0 Å². The standard InChI is InChI=1S/C22H25Cl2NOS/c1-2-21(17-8-7-15-5-3-4-6-16(15)11-17)25-22(26)14-27-13-18-9-10-19(23)12-20(18)24/h7-12,21H,2-6,13-14H2,1H3,(H,25,26)/t21-/m1/s1. The third kappa shape index (κ3) is 5.66. The van der Waals surface area contributed by atoms with Crippen LogP contribution in [0.5, 0.6) is 0 Å². The van der Waals surface area contributed by atoms with Crippen LogP contribution in [0.1, 0.15) is 54.5 Å². The topological polar surface area (TPSA) is 29.1 Å². The Morgan fingerprint density at radius 2 is 1.89 bits per heavy atom. The van der Waals surface area contributed by atoms with E-state index in [-0.39, 0.29) is 11.9 Å². The van der Waals surface area contributed by atoms with Gasteiger partial charge in [-0.15, -0.1) is 11.8 Å². The summed E-state index contributed by atoms with van der Waals surface area (Å²) in [4.78, 5) is 12.4. The fraction of sp³-hybridized carbons (Fsp3) is 0.409. The molecule has 0 bridgehead atoms. The molecule has 0 heterocycles. The summed E-state index contributed by atoms with van der Waals surface area (Å²) in [6.07, 6.45) is 5.78. The van der Waals surface area contributed by atoms with Crippen molar-refractivity contribution < 1.29 is 4.79 Å². The first kappa shape index (κ1) is 20.6. The molecule has 1 N–H and O–H groups in total. The number of carbonyl (C=O) groups excluding carboxylic acids is 1. The Kier molecular flexibility index (Phi) is 7.51. The molecule has 0 aromatic heterocycles. The van der Waals surface area contributed by atoms with Crippen molar-refractivity contribution in [1.29, 1.82) is 0 Å². The summed E-state index contributed by atoms with van der Waals surface area (Å²) in [6.45, 7) is 2.12. The molecular formula is C22H25Cl2NOS. The Balaban J connectivity index is 1.54. The number of aryl methyl sites for hydroxylation is 2. The van der Waals surface area contributed by atoms with Crippen LogP contribution in [0.3, 0.4) is 0 Å². The van der Waals surface area contributed by atoms with Crippen LogP contribution in [0.4, 0.5) is 0 Å². The number of carbonyl (C=O) groups is 1. The summed E-state index contributed by atoms with van der Waals surface area (Å²) in [6, 6.07) is 12.3. The molecule has 144 valence electrons. The molecule has 3 rings (SSSR count). The highest BCUT2D eigenvalue weighted by Gasteiger charge is 2.16. The van der Waals surface area contributed by atoms with Crippen molar-refractivity contribution in [1.82, 2.24) is 5.32 Å². The second-order valence-electron chi connectivity index (χ2n) is 6.99. The molecule has 0 aliphatic heterocycles. The minimum Gasteiger partial charge on any atom is -0.349 e. The number of hydrogen-bond acceptors (Lipinski definition) is 2. The molecule has 1 atom stereocenters. The van der Waals surface area contributed by atoms with E-state index in [4.69, 9.17) is 23.2 Å². The van der Waals surface area contributed by atoms with Crippen LogP contribution in [-0.2, 0) is 23.4 Å².